The van der Waals surface area contributed by atoms with Crippen molar-refractivity contribution in [1.82, 2.24) is 15.1 Å². The number of imide groups is 1. The largest absolute Gasteiger partial charge is 0.508 e. The fourth-order valence-electron chi connectivity index (χ4n) is 7.39. The number of fused-ring (bicyclic) bond motifs is 1. The van der Waals surface area contributed by atoms with Gasteiger partial charge in [0.05, 0.1) is 5.56 Å². The standard InChI is InChI=1S/C40H38ClFN4O5/c41-16-15-33(26-3-9-31(47)10-4-26)37(28-5-11-32(48)12-6-28)27-1-7-30(8-2-27)45-19-17-44(18-20-45)23-25-21-29-24-46(40(51)38(29)34(42)22-25)35-13-14-36(49)43-39(35)50/h1-12,21-22,35,47-48H,13-20,23-24H2,(H,43,49,50)/b37-33+. The molecule has 3 amide bonds. The molecule has 9 nitrogen and oxygen atoms in total. The van der Waals surface area contributed by atoms with Gasteiger partial charge in [0.1, 0.15) is 23.4 Å². The number of nitrogens with one attached hydrogen (secondary N) is 1. The first kappa shape index (κ1) is 34.3. The lowest BCUT2D eigenvalue weighted by atomic mass is 9.88. The predicted octanol–water partition coefficient (Wildman–Crippen LogP) is 5.91. The Hall–Kier alpha value is -5.19. The van der Waals surface area contributed by atoms with E-state index in [1.165, 1.54) is 11.0 Å². The number of benzene rings is 4. The summed E-state index contributed by atoms with van der Waals surface area (Å²) in [6, 6.07) is 25.2. The van der Waals surface area contributed by atoms with E-state index in [9.17, 15) is 24.6 Å². The second-order valence-corrected chi connectivity index (χ2v) is 13.6. The summed E-state index contributed by atoms with van der Waals surface area (Å²) in [5.41, 5.74) is 7.38. The van der Waals surface area contributed by atoms with Gasteiger partial charge in [0.25, 0.3) is 5.91 Å². The molecule has 262 valence electrons. The van der Waals surface area contributed by atoms with E-state index >= 15 is 4.39 Å². The van der Waals surface area contributed by atoms with E-state index in [0.29, 0.717) is 24.4 Å². The third kappa shape index (κ3) is 7.20. The summed E-state index contributed by atoms with van der Waals surface area (Å²) in [5, 5.41) is 22.2. The highest BCUT2D eigenvalue weighted by atomic mass is 35.5. The monoisotopic (exact) mass is 708 g/mol. The Bertz CT molecular complexity index is 1990. The molecule has 11 heteroatoms. The Kier molecular flexibility index (Phi) is 9.79. The Morgan fingerprint density at radius 2 is 1.43 bits per heavy atom. The molecule has 3 N–H and O–H groups in total. The van der Waals surface area contributed by atoms with Crippen LogP contribution in [0.2, 0.25) is 0 Å². The zero-order chi connectivity index (χ0) is 35.6. The smallest absolute Gasteiger partial charge is 0.258 e. The molecule has 0 spiro atoms. The van der Waals surface area contributed by atoms with Crippen LogP contribution in [-0.2, 0) is 22.7 Å². The van der Waals surface area contributed by atoms with Crippen molar-refractivity contribution in [2.45, 2.75) is 38.4 Å². The number of rotatable bonds is 9. The van der Waals surface area contributed by atoms with E-state index in [2.05, 4.69) is 39.4 Å². The molecular weight excluding hydrogens is 671 g/mol. The number of nitrogens with zero attached hydrogens (tertiary/aromatic N) is 3. The third-order valence-electron chi connectivity index (χ3n) is 9.95. The van der Waals surface area contributed by atoms with Gasteiger partial charge in [0.2, 0.25) is 11.8 Å². The van der Waals surface area contributed by atoms with Crippen molar-refractivity contribution in [3.05, 3.63) is 124 Å². The molecule has 4 aromatic rings. The number of carbonyl (C=O) groups is 3. The van der Waals surface area contributed by atoms with Crippen LogP contribution < -0.4 is 10.2 Å². The molecular formula is C40H38ClFN4O5. The van der Waals surface area contributed by atoms with E-state index in [1.54, 1.807) is 24.3 Å². The minimum Gasteiger partial charge on any atom is -0.508 e. The number of carbonyl (C=O) groups excluding carboxylic acids is 3. The van der Waals surface area contributed by atoms with Crippen molar-refractivity contribution in [1.29, 1.82) is 0 Å². The Morgan fingerprint density at radius 3 is 2.04 bits per heavy atom. The average Bonchev–Trinajstić information content (AvgIpc) is 3.45. The van der Waals surface area contributed by atoms with Crippen LogP contribution in [-0.4, -0.2) is 75.8 Å². The van der Waals surface area contributed by atoms with E-state index < -0.39 is 23.7 Å². The lowest BCUT2D eigenvalue weighted by Gasteiger charge is -2.36. The molecule has 0 radical (unpaired) electrons. The number of piperazine rings is 1. The van der Waals surface area contributed by atoms with Crippen molar-refractivity contribution in [3.8, 4) is 11.5 Å². The molecule has 0 bridgehead atoms. The molecule has 0 aliphatic carbocycles. The molecule has 51 heavy (non-hydrogen) atoms. The first-order valence-electron chi connectivity index (χ1n) is 17.1. The third-order valence-corrected chi connectivity index (χ3v) is 10.1. The van der Waals surface area contributed by atoms with Gasteiger partial charge in [-0.1, -0.05) is 42.5 Å². The van der Waals surface area contributed by atoms with Gasteiger partial charge >= 0.3 is 0 Å². The van der Waals surface area contributed by atoms with E-state index in [0.717, 1.165) is 65.3 Å². The lowest BCUT2D eigenvalue weighted by Crippen LogP contribution is -2.52. The molecule has 0 aromatic heterocycles. The van der Waals surface area contributed by atoms with Gasteiger partial charge in [-0.05, 0) is 94.3 Å². The molecule has 3 aliphatic rings. The van der Waals surface area contributed by atoms with Crippen LogP contribution in [0.5, 0.6) is 11.5 Å². The number of alkyl halides is 1. The number of aromatic hydroxyl groups is 2. The highest BCUT2D eigenvalue weighted by molar-refractivity contribution is 6.18. The summed E-state index contributed by atoms with van der Waals surface area (Å²) >= 11 is 6.30. The quantitative estimate of drug-likeness (QED) is 0.113. The number of halogens is 2. The van der Waals surface area contributed by atoms with Crippen LogP contribution in [0.1, 0.15) is 57.4 Å². The maximum atomic E-state index is 15.3. The number of allylic oxidation sites excluding steroid dienone is 1. The van der Waals surface area contributed by atoms with Crippen LogP contribution >= 0.6 is 11.6 Å². The van der Waals surface area contributed by atoms with Crippen molar-refractivity contribution in [2.75, 3.05) is 37.0 Å². The number of anilines is 1. The van der Waals surface area contributed by atoms with Gasteiger partial charge in [0.15, 0.2) is 0 Å². The summed E-state index contributed by atoms with van der Waals surface area (Å²) in [4.78, 5) is 43.0. The molecule has 3 heterocycles. The molecule has 2 saturated heterocycles. The van der Waals surface area contributed by atoms with Crippen LogP contribution in [0.25, 0.3) is 11.1 Å². The van der Waals surface area contributed by atoms with Crippen LogP contribution in [0, 0.1) is 5.82 Å². The Labute approximate surface area is 300 Å². The Morgan fingerprint density at radius 1 is 0.824 bits per heavy atom. The van der Waals surface area contributed by atoms with Crippen molar-refractivity contribution in [2.24, 2.45) is 0 Å². The summed E-state index contributed by atoms with van der Waals surface area (Å²) in [7, 11) is 0. The predicted molar refractivity (Wildman–Crippen MR) is 194 cm³/mol. The number of phenolic OH excluding ortho intramolecular Hbond substituents is 2. The second kappa shape index (κ2) is 14.6. The summed E-state index contributed by atoms with van der Waals surface area (Å²) in [6.45, 7) is 3.76. The zero-order valence-electron chi connectivity index (χ0n) is 27.9. The molecule has 3 aliphatic heterocycles. The minimum absolute atomic E-state index is 0.0120. The maximum absolute atomic E-state index is 15.3. The fourth-order valence-corrected chi connectivity index (χ4v) is 7.58. The van der Waals surface area contributed by atoms with E-state index in [4.69, 9.17) is 11.6 Å². The second-order valence-electron chi connectivity index (χ2n) is 13.2. The first-order chi connectivity index (χ1) is 24.7. The summed E-state index contributed by atoms with van der Waals surface area (Å²) in [5.74, 6) is -1.18. The average molecular weight is 709 g/mol. The van der Waals surface area contributed by atoms with E-state index in [-0.39, 0.29) is 42.4 Å². The van der Waals surface area contributed by atoms with E-state index in [1.807, 2.05) is 30.3 Å². The SMILES string of the molecule is O=C1CCC(N2Cc3cc(CN4CCN(c5ccc(/C(=C(/CCCl)c6ccc(O)cc6)c6ccc(O)cc6)cc5)CC4)cc(F)c3C2=O)C(=O)N1. The van der Waals surface area contributed by atoms with Crippen molar-refractivity contribution >= 4 is 46.2 Å². The minimum atomic E-state index is -0.782. The van der Waals surface area contributed by atoms with Gasteiger partial charge in [-0.15, -0.1) is 11.6 Å². The van der Waals surface area contributed by atoms with Crippen molar-refractivity contribution in [3.63, 3.8) is 0 Å². The zero-order valence-corrected chi connectivity index (χ0v) is 28.7. The Balaban J connectivity index is 1.04. The van der Waals surface area contributed by atoms with Gasteiger partial charge < -0.3 is 20.0 Å². The topological polar surface area (TPSA) is 113 Å². The highest BCUT2D eigenvalue weighted by Gasteiger charge is 2.40. The van der Waals surface area contributed by atoms with Gasteiger partial charge in [-0.3, -0.25) is 24.6 Å². The van der Waals surface area contributed by atoms with Gasteiger partial charge in [0, 0.05) is 57.3 Å². The number of hydrogen-bond donors (Lipinski definition) is 3. The molecule has 2 fully saturated rings. The molecule has 1 unspecified atom stereocenters. The fraction of sp³-hybridized carbons (Fsp3) is 0.275. The van der Waals surface area contributed by atoms with Crippen LogP contribution in [0.15, 0.2) is 84.9 Å². The molecule has 4 aromatic carbocycles. The molecule has 7 rings (SSSR count). The highest BCUT2D eigenvalue weighted by Crippen LogP contribution is 2.37. The number of hydrogen-bond acceptors (Lipinski definition) is 7. The molecule has 0 saturated carbocycles. The summed E-state index contributed by atoms with van der Waals surface area (Å²) < 4.78 is 15.3. The van der Waals surface area contributed by atoms with Gasteiger partial charge in [-0.2, -0.15) is 0 Å². The number of piperidine rings is 1. The van der Waals surface area contributed by atoms with Crippen LogP contribution in [0.4, 0.5) is 10.1 Å². The lowest BCUT2D eigenvalue weighted by molar-refractivity contribution is -0.136. The van der Waals surface area contributed by atoms with Gasteiger partial charge in [-0.25, -0.2) is 4.39 Å². The van der Waals surface area contributed by atoms with Crippen molar-refractivity contribution < 1.29 is 29.0 Å². The maximum Gasteiger partial charge on any atom is 0.258 e. The van der Waals surface area contributed by atoms with Crippen LogP contribution in [0.3, 0.4) is 0 Å². The summed E-state index contributed by atoms with van der Waals surface area (Å²) in [6.07, 6.45) is 0.987. The normalized spacial score (nSPS) is 18.5. The number of phenols is 2. The number of amides is 3. The first-order valence-corrected chi connectivity index (χ1v) is 17.6. The molecule has 1 atom stereocenters.